The van der Waals surface area contributed by atoms with Gasteiger partial charge >= 0.3 is 0 Å². The summed E-state index contributed by atoms with van der Waals surface area (Å²) in [5.74, 6) is 0.678. The van der Waals surface area contributed by atoms with Gasteiger partial charge in [-0.25, -0.2) is 4.98 Å². The third-order valence-electron chi connectivity index (χ3n) is 2.20. The number of hydrogen-bond acceptors (Lipinski definition) is 3. The molecule has 0 aliphatic rings. The highest BCUT2D eigenvalue weighted by Gasteiger charge is 2.09. The fraction of sp³-hybridized carbons (Fsp3) is 0.200. The number of imidazole rings is 1. The van der Waals surface area contributed by atoms with E-state index in [0.717, 1.165) is 22.3 Å². The summed E-state index contributed by atoms with van der Waals surface area (Å²) in [6, 6.07) is 1.95. The summed E-state index contributed by atoms with van der Waals surface area (Å²) >= 11 is 3.37. The third kappa shape index (κ3) is 1.87. The maximum atomic E-state index is 5.95. The lowest BCUT2D eigenvalue weighted by molar-refractivity contribution is 0.771. The lowest BCUT2D eigenvalue weighted by atomic mass is 10.2. The van der Waals surface area contributed by atoms with E-state index in [1.807, 2.05) is 17.6 Å². The first kappa shape index (κ1) is 10.2. The Balaban J connectivity index is 2.49. The van der Waals surface area contributed by atoms with Crippen LogP contribution in [0.4, 0.5) is 5.82 Å². The van der Waals surface area contributed by atoms with E-state index in [2.05, 4.69) is 25.9 Å². The van der Waals surface area contributed by atoms with E-state index in [1.165, 1.54) is 0 Å². The van der Waals surface area contributed by atoms with Crippen molar-refractivity contribution in [3.63, 3.8) is 0 Å². The Morgan fingerprint density at radius 1 is 1.47 bits per heavy atom. The minimum atomic E-state index is 0.678. The molecule has 2 N–H and O–H groups in total. The molecule has 0 atom stereocenters. The second-order valence-electron chi connectivity index (χ2n) is 3.16. The standard InChI is InChI=1S/C10H11BrN4/c1-2-15-6-14-9(10(15)12)7-3-8(11)5-13-4-7/h3-6H,2,12H2,1H3. The number of aryl methyl sites for hydroxylation is 1. The van der Waals surface area contributed by atoms with Crippen molar-refractivity contribution in [2.75, 3.05) is 5.73 Å². The van der Waals surface area contributed by atoms with E-state index < -0.39 is 0 Å². The lowest BCUT2D eigenvalue weighted by Gasteiger charge is -2.02. The molecule has 0 aliphatic carbocycles. The molecule has 15 heavy (non-hydrogen) atoms. The van der Waals surface area contributed by atoms with Crippen LogP contribution in [0, 0.1) is 0 Å². The van der Waals surface area contributed by atoms with Gasteiger partial charge in [0.05, 0.1) is 6.33 Å². The predicted octanol–water partition coefficient (Wildman–Crippen LogP) is 2.31. The molecule has 0 aromatic carbocycles. The van der Waals surface area contributed by atoms with Gasteiger partial charge in [0, 0.05) is 29.0 Å². The normalized spacial score (nSPS) is 10.5. The second-order valence-corrected chi connectivity index (χ2v) is 4.07. The van der Waals surface area contributed by atoms with Crippen LogP contribution in [-0.4, -0.2) is 14.5 Å². The average Bonchev–Trinajstić information content (AvgIpc) is 2.59. The minimum Gasteiger partial charge on any atom is -0.383 e. The first-order valence-corrected chi connectivity index (χ1v) is 5.43. The summed E-state index contributed by atoms with van der Waals surface area (Å²) in [5, 5.41) is 0. The molecular formula is C10H11BrN4. The topological polar surface area (TPSA) is 56.7 Å². The van der Waals surface area contributed by atoms with Gasteiger partial charge in [0.15, 0.2) is 0 Å². The van der Waals surface area contributed by atoms with Crippen molar-refractivity contribution in [1.29, 1.82) is 0 Å². The van der Waals surface area contributed by atoms with E-state index in [0.29, 0.717) is 5.82 Å². The zero-order valence-electron chi connectivity index (χ0n) is 8.31. The molecule has 0 unspecified atom stereocenters. The highest BCUT2D eigenvalue weighted by Crippen LogP contribution is 2.25. The van der Waals surface area contributed by atoms with Gasteiger partial charge in [-0.3, -0.25) is 4.98 Å². The number of rotatable bonds is 2. The van der Waals surface area contributed by atoms with Crippen LogP contribution >= 0.6 is 15.9 Å². The number of aromatic nitrogens is 3. The van der Waals surface area contributed by atoms with Gasteiger partial charge in [-0.15, -0.1) is 0 Å². The van der Waals surface area contributed by atoms with E-state index >= 15 is 0 Å². The fourth-order valence-corrected chi connectivity index (χ4v) is 1.77. The number of halogens is 1. The van der Waals surface area contributed by atoms with Crippen LogP contribution in [0.2, 0.25) is 0 Å². The van der Waals surface area contributed by atoms with Gasteiger partial charge in [-0.05, 0) is 28.9 Å². The van der Waals surface area contributed by atoms with E-state index in [4.69, 9.17) is 5.73 Å². The van der Waals surface area contributed by atoms with Gasteiger partial charge in [-0.1, -0.05) is 0 Å². The Morgan fingerprint density at radius 3 is 2.87 bits per heavy atom. The van der Waals surface area contributed by atoms with Crippen LogP contribution in [0.3, 0.4) is 0 Å². The molecule has 0 saturated carbocycles. The molecule has 5 heteroatoms. The summed E-state index contributed by atoms with van der Waals surface area (Å²) < 4.78 is 2.82. The monoisotopic (exact) mass is 266 g/mol. The quantitative estimate of drug-likeness (QED) is 0.908. The number of nitrogens with two attached hydrogens (primary N) is 1. The molecule has 0 amide bonds. The Labute approximate surface area is 96.3 Å². The summed E-state index contributed by atoms with van der Waals surface area (Å²) in [4.78, 5) is 8.36. The summed E-state index contributed by atoms with van der Waals surface area (Å²) in [6.07, 6.45) is 5.23. The zero-order valence-corrected chi connectivity index (χ0v) is 9.90. The Kier molecular flexibility index (Phi) is 2.73. The predicted molar refractivity (Wildman–Crippen MR) is 63.2 cm³/mol. The number of nitrogen functional groups attached to an aromatic ring is 1. The smallest absolute Gasteiger partial charge is 0.131 e. The maximum Gasteiger partial charge on any atom is 0.131 e. The van der Waals surface area contributed by atoms with E-state index in [-0.39, 0.29) is 0 Å². The zero-order chi connectivity index (χ0) is 10.8. The van der Waals surface area contributed by atoms with Gasteiger partial charge in [0.25, 0.3) is 0 Å². The van der Waals surface area contributed by atoms with Crippen LogP contribution in [0.1, 0.15) is 6.92 Å². The van der Waals surface area contributed by atoms with Crippen LogP contribution in [0.5, 0.6) is 0 Å². The average molecular weight is 267 g/mol. The van der Waals surface area contributed by atoms with Crippen LogP contribution in [0.25, 0.3) is 11.3 Å². The van der Waals surface area contributed by atoms with Crippen molar-refractivity contribution in [2.24, 2.45) is 0 Å². The molecule has 0 spiro atoms. The first-order valence-electron chi connectivity index (χ1n) is 4.64. The van der Waals surface area contributed by atoms with Crippen LogP contribution in [-0.2, 0) is 6.54 Å². The van der Waals surface area contributed by atoms with Crippen molar-refractivity contribution < 1.29 is 0 Å². The third-order valence-corrected chi connectivity index (χ3v) is 2.63. The molecule has 2 aromatic heterocycles. The molecule has 0 fully saturated rings. The first-order chi connectivity index (χ1) is 7.22. The molecule has 4 nitrogen and oxygen atoms in total. The number of nitrogens with zero attached hydrogens (tertiary/aromatic N) is 3. The fourth-order valence-electron chi connectivity index (χ4n) is 1.41. The maximum absolute atomic E-state index is 5.95. The largest absolute Gasteiger partial charge is 0.383 e. The van der Waals surface area contributed by atoms with Crippen LogP contribution < -0.4 is 5.73 Å². The highest BCUT2D eigenvalue weighted by atomic mass is 79.9. The lowest BCUT2D eigenvalue weighted by Crippen LogP contribution is -1.99. The van der Waals surface area contributed by atoms with Crippen molar-refractivity contribution in [3.8, 4) is 11.3 Å². The summed E-state index contributed by atoms with van der Waals surface area (Å²) in [5.41, 5.74) is 7.66. The van der Waals surface area contributed by atoms with Crippen molar-refractivity contribution in [2.45, 2.75) is 13.5 Å². The molecule has 2 aromatic rings. The molecule has 0 aliphatic heterocycles. The Morgan fingerprint density at radius 2 is 2.27 bits per heavy atom. The molecule has 0 saturated heterocycles. The van der Waals surface area contributed by atoms with E-state index in [9.17, 15) is 0 Å². The number of pyridine rings is 1. The minimum absolute atomic E-state index is 0.678. The van der Waals surface area contributed by atoms with Crippen molar-refractivity contribution >= 4 is 21.7 Å². The van der Waals surface area contributed by atoms with Crippen LogP contribution in [0.15, 0.2) is 29.3 Å². The number of hydrogen-bond donors (Lipinski definition) is 1. The molecule has 0 bridgehead atoms. The molecular weight excluding hydrogens is 256 g/mol. The van der Waals surface area contributed by atoms with Gasteiger partial charge < -0.3 is 10.3 Å². The summed E-state index contributed by atoms with van der Waals surface area (Å²) in [7, 11) is 0. The van der Waals surface area contributed by atoms with Gasteiger partial charge in [0.2, 0.25) is 0 Å². The van der Waals surface area contributed by atoms with Crippen molar-refractivity contribution in [1.82, 2.24) is 14.5 Å². The van der Waals surface area contributed by atoms with Gasteiger partial charge in [-0.2, -0.15) is 0 Å². The second kappa shape index (κ2) is 4.02. The Bertz CT molecular complexity index is 478. The Hall–Kier alpha value is -1.36. The van der Waals surface area contributed by atoms with Crippen molar-refractivity contribution in [3.05, 3.63) is 29.3 Å². The molecule has 2 heterocycles. The van der Waals surface area contributed by atoms with Gasteiger partial charge in [0.1, 0.15) is 11.5 Å². The molecule has 2 rings (SSSR count). The SMILES string of the molecule is CCn1cnc(-c2cncc(Br)c2)c1N. The molecule has 0 radical (unpaired) electrons. The van der Waals surface area contributed by atoms with E-state index in [1.54, 1.807) is 18.7 Å². The summed E-state index contributed by atoms with van der Waals surface area (Å²) in [6.45, 7) is 2.85. The molecule has 78 valence electrons. The highest BCUT2D eigenvalue weighted by molar-refractivity contribution is 9.10. The number of anilines is 1.